The summed E-state index contributed by atoms with van der Waals surface area (Å²) >= 11 is 3.35. The predicted octanol–water partition coefficient (Wildman–Crippen LogP) is 4.91. The number of rotatable bonds is 12. The SMILES string of the molecule is CCCC(OC(=O)CCCC(=O)OCCOc1ccc(Br)cc1)C(C)C. The summed E-state index contributed by atoms with van der Waals surface area (Å²) < 4.78 is 17.0. The first-order chi connectivity index (χ1) is 12.4. The molecule has 0 N–H and O–H groups in total. The molecule has 0 aliphatic rings. The second-order valence-electron chi connectivity index (χ2n) is 6.44. The lowest BCUT2D eigenvalue weighted by atomic mass is 10.0. The van der Waals surface area contributed by atoms with Crippen molar-refractivity contribution in [2.75, 3.05) is 13.2 Å². The van der Waals surface area contributed by atoms with E-state index >= 15 is 0 Å². The summed E-state index contributed by atoms with van der Waals surface area (Å²) in [5.74, 6) is 0.447. The molecule has 1 rings (SSSR count). The van der Waals surface area contributed by atoms with E-state index in [9.17, 15) is 9.59 Å². The number of benzene rings is 1. The Balaban J connectivity index is 2.12. The number of esters is 2. The standard InChI is InChI=1S/C20H29BrO5/c1-4-6-18(15(2)3)26-20(23)8-5-7-19(22)25-14-13-24-17-11-9-16(21)10-12-17/h9-12,15,18H,4-8,13-14H2,1-3H3. The van der Waals surface area contributed by atoms with Crippen molar-refractivity contribution in [3.63, 3.8) is 0 Å². The molecule has 0 saturated carbocycles. The third-order valence-corrected chi connectivity index (χ3v) is 4.32. The minimum Gasteiger partial charge on any atom is -0.490 e. The maximum absolute atomic E-state index is 11.9. The molecule has 0 radical (unpaired) electrons. The maximum atomic E-state index is 11.9. The number of halogens is 1. The van der Waals surface area contributed by atoms with Crippen LogP contribution in [0.5, 0.6) is 5.75 Å². The fraction of sp³-hybridized carbons (Fsp3) is 0.600. The average molecular weight is 429 g/mol. The van der Waals surface area contributed by atoms with Gasteiger partial charge in [0.05, 0.1) is 0 Å². The van der Waals surface area contributed by atoms with Gasteiger partial charge in [-0.05, 0) is 43.0 Å². The van der Waals surface area contributed by atoms with Crippen LogP contribution in [0.3, 0.4) is 0 Å². The molecule has 0 aromatic heterocycles. The molecule has 0 bridgehead atoms. The Labute approximate surface area is 164 Å². The lowest BCUT2D eigenvalue weighted by molar-refractivity contribution is -0.152. The first-order valence-electron chi connectivity index (χ1n) is 9.15. The lowest BCUT2D eigenvalue weighted by Crippen LogP contribution is -2.23. The Kier molecular flexibility index (Phi) is 11.0. The second-order valence-corrected chi connectivity index (χ2v) is 7.35. The van der Waals surface area contributed by atoms with E-state index in [1.165, 1.54) is 0 Å². The Bertz CT molecular complexity index is 542. The molecule has 0 fully saturated rings. The molecule has 1 aromatic rings. The molecule has 0 spiro atoms. The first-order valence-corrected chi connectivity index (χ1v) is 9.95. The van der Waals surface area contributed by atoms with E-state index < -0.39 is 0 Å². The highest BCUT2D eigenvalue weighted by Crippen LogP contribution is 2.16. The van der Waals surface area contributed by atoms with Gasteiger partial charge in [-0.15, -0.1) is 0 Å². The lowest BCUT2D eigenvalue weighted by Gasteiger charge is -2.20. The largest absolute Gasteiger partial charge is 0.490 e. The van der Waals surface area contributed by atoms with Gasteiger partial charge in [0.25, 0.3) is 0 Å². The van der Waals surface area contributed by atoms with E-state index in [0.29, 0.717) is 18.9 Å². The highest BCUT2D eigenvalue weighted by Gasteiger charge is 2.17. The third-order valence-electron chi connectivity index (χ3n) is 3.79. The van der Waals surface area contributed by atoms with Crippen LogP contribution in [0.25, 0.3) is 0 Å². The Morgan fingerprint density at radius 3 is 2.31 bits per heavy atom. The number of hydrogen-bond donors (Lipinski definition) is 0. The summed E-state index contributed by atoms with van der Waals surface area (Å²) in [6.07, 6.45) is 2.66. The van der Waals surface area contributed by atoms with E-state index in [1.807, 2.05) is 38.1 Å². The van der Waals surface area contributed by atoms with Crippen molar-refractivity contribution in [3.8, 4) is 5.75 Å². The molecule has 0 aliphatic carbocycles. The van der Waals surface area contributed by atoms with E-state index in [2.05, 4.69) is 22.9 Å². The molecule has 0 heterocycles. The van der Waals surface area contributed by atoms with Gasteiger partial charge in [0.15, 0.2) is 0 Å². The molecule has 1 atom stereocenters. The van der Waals surface area contributed by atoms with E-state index in [0.717, 1.165) is 23.1 Å². The summed E-state index contributed by atoms with van der Waals surface area (Å²) in [5, 5.41) is 0. The molecule has 5 nitrogen and oxygen atoms in total. The summed E-state index contributed by atoms with van der Waals surface area (Å²) in [5.41, 5.74) is 0. The van der Waals surface area contributed by atoms with Gasteiger partial charge in [-0.3, -0.25) is 9.59 Å². The average Bonchev–Trinajstić information content (AvgIpc) is 2.60. The molecule has 26 heavy (non-hydrogen) atoms. The minimum absolute atomic E-state index is 0.0461. The fourth-order valence-electron chi connectivity index (χ4n) is 2.34. The molecular formula is C20H29BrO5. The Morgan fingerprint density at radius 2 is 1.69 bits per heavy atom. The predicted molar refractivity (Wildman–Crippen MR) is 104 cm³/mol. The number of carbonyl (C=O) groups excluding carboxylic acids is 2. The van der Waals surface area contributed by atoms with Crippen LogP contribution >= 0.6 is 15.9 Å². The minimum atomic E-state index is -0.328. The second kappa shape index (κ2) is 12.7. The molecule has 6 heteroatoms. The van der Waals surface area contributed by atoms with Gasteiger partial charge in [0.2, 0.25) is 0 Å². The number of ether oxygens (including phenoxy) is 3. The quantitative estimate of drug-likeness (QED) is 0.349. The topological polar surface area (TPSA) is 61.8 Å². The fourth-order valence-corrected chi connectivity index (χ4v) is 2.60. The van der Waals surface area contributed by atoms with E-state index in [-0.39, 0.29) is 37.5 Å². The van der Waals surface area contributed by atoms with Crippen molar-refractivity contribution in [3.05, 3.63) is 28.7 Å². The van der Waals surface area contributed by atoms with Crippen LogP contribution in [0.1, 0.15) is 52.9 Å². The van der Waals surface area contributed by atoms with Crippen molar-refractivity contribution >= 4 is 27.9 Å². The van der Waals surface area contributed by atoms with Gasteiger partial charge in [0.1, 0.15) is 25.1 Å². The monoisotopic (exact) mass is 428 g/mol. The molecule has 0 saturated heterocycles. The van der Waals surface area contributed by atoms with Gasteiger partial charge in [-0.1, -0.05) is 43.1 Å². The van der Waals surface area contributed by atoms with E-state index in [1.54, 1.807) is 0 Å². The van der Waals surface area contributed by atoms with Crippen LogP contribution in [-0.2, 0) is 19.1 Å². The first kappa shape index (κ1) is 22.5. The summed E-state index contributed by atoms with van der Waals surface area (Å²) in [6, 6.07) is 7.43. The normalized spacial score (nSPS) is 11.9. The number of hydrogen-bond acceptors (Lipinski definition) is 5. The summed E-state index contributed by atoms with van der Waals surface area (Å²) in [6.45, 7) is 6.63. The van der Waals surface area contributed by atoms with Gasteiger partial charge >= 0.3 is 11.9 Å². The molecular weight excluding hydrogens is 400 g/mol. The zero-order chi connectivity index (χ0) is 19.4. The molecule has 1 aromatic carbocycles. The summed E-state index contributed by atoms with van der Waals surface area (Å²) in [4.78, 5) is 23.5. The van der Waals surface area contributed by atoms with Crippen LogP contribution in [0, 0.1) is 5.92 Å². The van der Waals surface area contributed by atoms with Crippen molar-refractivity contribution < 1.29 is 23.8 Å². The highest BCUT2D eigenvalue weighted by atomic mass is 79.9. The van der Waals surface area contributed by atoms with Crippen LogP contribution in [0.4, 0.5) is 0 Å². The molecule has 0 aliphatic heterocycles. The summed E-state index contributed by atoms with van der Waals surface area (Å²) in [7, 11) is 0. The van der Waals surface area contributed by atoms with Crippen molar-refractivity contribution in [2.24, 2.45) is 5.92 Å². The van der Waals surface area contributed by atoms with Crippen LogP contribution in [0.2, 0.25) is 0 Å². The van der Waals surface area contributed by atoms with Gasteiger partial charge in [-0.2, -0.15) is 0 Å². The van der Waals surface area contributed by atoms with Gasteiger partial charge in [0, 0.05) is 17.3 Å². The van der Waals surface area contributed by atoms with Crippen LogP contribution in [-0.4, -0.2) is 31.3 Å². The number of carbonyl (C=O) groups is 2. The van der Waals surface area contributed by atoms with Crippen molar-refractivity contribution in [2.45, 2.75) is 59.0 Å². The Hall–Kier alpha value is -1.56. The van der Waals surface area contributed by atoms with E-state index in [4.69, 9.17) is 14.2 Å². The zero-order valence-corrected chi connectivity index (χ0v) is 17.4. The Morgan fingerprint density at radius 1 is 1.04 bits per heavy atom. The van der Waals surface area contributed by atoms with Gasteiger partial charge in [-0.25, -0.2) is 0 Å². The van der Waals surface area contributed by atoms with Crippen LogP contribution < -0.4 is 4.74 Å². The van der Waals surface area contributed by atoms with Gasteiger partial charge < -0.3 is 14.2 Å². The maximum Gasteiger partial charge on any atom is 0.306 e. The van der Waals surface area contributed by atoms with Crippen LogP contribution in [0.15, 0.2) is 28.7 Å². The molecule has 0 amide bonds. The molecule has 146 valence electrons. The van der Waals surface area contributed by atoms with Crippen molar-refractivity contribution in [1.82, 2.24) is 0 Å². The molecule has 1 unspecified atom stereocenters. The smallest absolute Gasteiger partial charge is 0.306 e. The van der Waals surface area contributed by atoms with Crippen molar-refractivity contribution in [1.29, 1.82) is 0 Å². The zero-order valence-electron chi connectivity index (χ0n) is 15.8. The third kappa shape index (κ3) is 9.80. The highest BCUT2D eigenvalue weighted by molar-refractivity contribution is 9.10.